The number of carbonyl (C=O) groups is 1. The molecule has 2 aliphatic rings. The van der Waals surface area contributed by atoms with E-state index in [9.17, 15) is 4.79 Å². The van der Waals surface area contributed by atoms with Gasteiger partial charge in [-0.15, -0.1) is 0 Å². The molecule has 0 aromatic heterocycles. The zero-order valence-electron chi connectivity index (χ0n) is 14.0. The lowest BCUT2D eigenvalue weighted by molar-refractivity contribution is -0.156. The minimum absolute atomic E-state index is 0.266. The van der Waals surface area contributed by atoms with E-state index in [4.69, 9.17) is 14.0 Å². The fourth-order valence-corrected chi connectivity index (χ4v) is 2.28. The molecule has 116 valence electrons. The smallest absolute Gasteiger partial charge is 0.459 e. The maximum absolute atomic E-state index is 12.3. The van der Waals surface area contributed by atoms with Crippen LogP contribution in [-0.4, -0.2) is 29.9 Å². The van der Waals surface area contributed by atoms with E-state index < -0.39 is 29.8 Å². The molecule has 21 heavy (non-hydrogen) atoms. The Hall–Kier alpha value is -1.07. The molecule has 1 unspecified atom stereocenters. The number of allylic oxidation sites excluding steroid dienone is 2. The van der Waals surface area contributed by atoms with E-state index in [2.05, 4.69) is 0 Å². The van der Waals surface area contributed by atoms with Crippen LogP contribution in [0.25, 0.3) is 0 Å². The molecule has 1 heterocycles. The predicted octanol–water partition coefficient (Wildman–Crippen LogP) is 3.07. The Morgan fingerprint density at radius 3 is 2.19 bits per heavy atom. The first-order valence-electron chi connectivity index (χ1n) is 7.40. The average molecular weight is 292 g/mol. The first-order valence-corrected chi connectivity index (χ1v) is 7.40. The number of esters is 1. The second-order valence-electron chi connectivity index (χ2n) is 7.65. The van der Waals surface area contributed by atoms with Crippen molar-refractivity contribution in [2.24, 2.45) is 5.92 Å². The van der Waals surface area contributed by atoms with E-state index >= 15 is 0 Å². The van der Waals surface area contributed by atoms with E-state index in [0.29, 0.717) is 0 Å². The average Bonchev–Trinajstić information content (AvgIpc) is 2.79. The molecule has 0 aromatic rings. The van der Waals surface area contributed by atoms with Crippen LogP contribution in [0.2, 0.25) is 0 Å². The maximum Gasteiger partial charge on any atom is 0.491 e. The standard InChI is InChI=1S/C16H25BO4/c1-14(2,3)19-13(18)11-9-8-10-12(11)17-20-15(4,5)16(6,7)21-17/h8-11H,1-7H3. The van der Waals surface area contributed by atoms with Gasteiger partial charge in [0.15, 0.2) is 0 Å². The summed E-state index contributed by atoms with van der Waals surface area (Å²) in [5.74, 6) is -0.698. The van der Waals surface area contributed by atoms with Crippen molar-refractivity contribution in [3.63, 3.8) is 0 Å². The summed E-state index contributed by atoms with van der Waals surface area (Å²) in [4.78, 5) is 12.3. The van der Waals surface area contributed by atoms with Gasteiger partial charge < -0.3 is 14.0 Å². The van der Waals surface area contributed by atoms with Crippen LogP contribution >= 0.6 is 0 Å². The van der Waals surface area contributed by atoms with Gasteiger partial charge in [0.2, 0.25) is 0 Å². The molecule has 1 fully saturated rings. The predicted molar refractivity (Wildman–Crippen MR) is 82.6 cm³/mol. The Kier molecular flexibility index (Phi) is 3.88. The first-order chi connectivity index (χ1) is 9.43. The van der Waals surface area contributed by atoms with Crippen molar-refractivity contribution in [1.82, 2.24) is 0 Å². The van der Waals surface area contributed by atoms with E-state index in [1.54, 1.807) is 0 Å². The molecular formula is C16H25BO4. The van der Waals surface area contributed by atoms with Crippen molar-refractivity contribution in [2.75, 3.05) is 0 Å². The molecule has 2 rings (SSSR count). The number of hydrogen-bond acceptors (Lipinski definition) is 4. The van der Waals surface area contributed by atoms with E-state index in [1.807, 2.05) is 66.7 Å². The van der Waals surface area contributed by atoms with Crippen LogP contribution in [0.15, 0.2) is 23.7 Å². The molecule has 5 heteroatoms. The van der Waals surface area contributed by atoms with Crippen LogP contribution in [0.3, 0.4) is 0 Å². The lowest BCUT2D eigenvalue weighted by atomic mass is 9.72. The summed E-state index contributed by atoms with van der Waals surface area (Å²) in [5, 5.41) is 0. The van der Waals surface area contributed by atoms with Gasteiger partial charge in [-0.3, -0.25) is 4.79 Å². The fraction of sp³-hybridized carbons (Fsp3) is 0.688. The highest BCUT2D eigenvalue weighted by Crippen LogP contribution is 2.41. The molecule has 1 atom stereocenters. The molecule has 0 saturated carbocycles. The Labute approximate surface area is 127 Å². The number of hydrogen-bond donors (Lipinski definition) is 0. The number of ether oxygens (including phenoxy) is 1. The third-order valence-electron chi connectivity index (χ3n) is 4.14. The molecule has 0 spiro atoms. The largest absolute Gasteiger partial charge is 0.491 e. The van der Waals surface area contributed by atoms with Crippen LogP contribution in [0.5, 0.6) is 0 Å². The quantitative estimate of drug-likeness (QED) is 0.579. The Morgan fingerprint density at radius 1 is 1.19 bits per heavy atom. The first kappa shape index (κ1) is 16.3. The number of carbonyl (C=O) groups excluding carboxylic acids is 1. The highest BCUT2D eigenvalue weighted by molar-refractivity contribution is 6.55. The third-order valence-corrected chi connectivity index (χ3v) is 4.14. The number of rotatable bonds is 2. The summed E-state index contributed by atoms with van der Waals surface area (Å²) in [6, 6.07) is 0. The molecule has 0 amide bonds. The van der Waals surface area contributed by atoms with Crippen molar-refractivity contribution >= 4 is 13.1 Å². The topological polar surface area (TPSA) is 44.8 Å². The van der Waals surface area contributed by atoms with Crippen LogP contribution in [0.1, 0.15) is 48.5 Å². The van der Waals surface area contributed by atoms with Gasteiger partial charge in [0.1, 0.15) is 5.60 Å². The Bertz CT molecular complexity index is 481. The molecule has 4 nitrogen and oxygen atoms in total. The van der Waals surface area contributed by atoms with Gasteiger partial charge in [-0.1, -0.05) is 18.2 Å². The molecular weight excluding hydrogens is 267 g/mol. The minimum atomic E-state index is -0.512. The highest BCUT2D eigenvalue weighted by Gasteiger charge is 2.54. The van der Waals surface area contributed by atoms with Crippen molar-refractivity contribution in [2.45, 2.75) is 65.3 Å². The van der Waals surface area contributed by atoms with Crippen LogP contribution in [0.4, 0.5) is 0 Å². The zero-order chi connectivity index (χ0) is 16.1. The van der Waals surface area contributed by atoms with E-state index in [-0.39, 0.29) is 5.97 Å². The van der Waals surface area contributed by atoms with Crippen LogP contribution < -0.4 is 0 Å². The molecule has 1 aliphatic carbocycles. The molecule has 0 aromatic carbocycles. The normalized spacial score (nSPS) is 26.9. The van der Waals surface area contributed by atoms with Gasteiger partial charge in [-0.25, -0.2) is 0 Å². The molecule has 1 aliphatic heterocycles. The van der Waals surface area contributed by atoms with Gasteiger partial charge in [-0.2, -0.15) is 0 Å². The van der Waals surface area contributed by atoms with Gasteiger partial charge >= 0.3 is 13.1 Å². The van der Waals surface area contributed by atoms with Crippen molar-refractivity contribution < 1.29 is 18.8 Å². The van der Waals surface area contributed by atoms with E-state index in [1.165, 1.54) is 0 Å². The van der Waals surface area contributed by atoms with Gasteiger partial charge in [-0.05, 0) is 53.9 Å². The fourth-order valence-electron chi connectivity index (χ4n) is 2.28. The van der Waals surface area contributed by atoms with Crippen LogP contribution in [-0.2, 0) is 18.8 Å². The monoisotopic (exact) mass is 292 g/mol. The van der Waals surface area contributed by atoms with Crippen LogP contribution in [0, 0.1) is 5.92 Å². The minimum Gasteiger partial charge on any atom is -0.459 e. The summed E-state index contributed by atoms with van der Waals surface area (Å²) in [6.07, 6.45) is 5.57. The molecule has 1 saturated heterocycles. The lowest BCUT2D eigenvalue weighted by Crippen LogP contribution is -2.41. The SMILES string of the molecule is CC(C)(C)OC(=O)C1C=CC=C1B1OC(C)(C)C(C)(C)O1. The van der Waals surface area contributed by atoms with Crippen molar-refractivity contribution in [1.29, 1.82) is 0 Å². The van der Waals surface area contributed by atoms with Crippen molar-refractivity contribution in [3.05, 3.63) is 23.7 Å². The summed E-state index contributed by atoms with van der Waals surface area (Å²) < 4.78 is 17.5. The van der Waals surface area contributed by atoms with Crippen molar-refractivity contribution in [3.8, 4) is 0 Å². The summed E-state index contributed by atoms with van der Waals surface area (Å²) in [6.45, 7) is 13.6. The summed E-state index contributed by atoms with van der Waals surface area (Å²) >= 11 is 0. The zero-order valence-corrected chi connectivity index (χ0v) is 14.0. The third kappa shape index (κ3) is 3.24. The Balaban J connectivity index is 2.13. The summed E-state index contributed by atoms with van der Waals surface area (Å²) in [7, 11) is -0.512. The van der Waals surface area contributed by atoms with E-state index in [0.717, 1.165) is 5.47 Å². The summed E-state index contributed by atoms with van der Waals surface area (Å²) in [5.41, 5.74) is -0.531. The highest BCUT2D eigenvalue weighted by atomic mass is 16.7. The molecule has 0 N–H and O–H groups in total. The maximum atomic E-state index is 12.3. The molecule has 0 radical (unpaired) electrons. The lowest BCUT2D eigenvalue weighted by Gasteiger charge is -2.32. The van der Waals surface area contributed by atoms with Gasteiger partial charge in [0, 0.05) is 0 Å². The second-order valence-corrected chi connectivity index (χ2v) is 7.65. The van der Waals surface area contributed by atoms with Gasteiger partial charge in [0.25, 0.3) is 0 Å². The molecule has 0 bridgehead atoms. The van der Waals surface area contributed by atoms with Gasteiger partial charge in [0.05, 0.1) is 17.1 Å². The Morgan fingerprint density at radius 2 is 1.71 bits per heavy atom. The second kappa shape index (κ2) is 4.99.